The molecule has 4 N–H and O–H groups in total. The summed E-state index contributed by atoms with van der Waals surface area (Å²) >= 11 is 0. The normalized spacial score (nSPS) is 10.4. The van der Waals surface area contributed by atoms with Gasteiger partial charge < -0.3 is 15.2 Å². The van der Waals surface area contributed by atoms with E-state index < -0.39 is 5.91 Å². The van der Waals surface area contributed by atoms with Gasteiger partial charge in [0, 0.05) is 17.6 Å². The molecule has 7 nitrogen and oxygen atoms in total. The first-order valence-electron chi connectivity index (χ1n) is 7.10. The second kappa shape index (κ2) is 6.43. The van der Waals surface area contributed by atoms with Gasteiger partial charge in [0.2, 0.25) is 0 Å². The van der Waals surface area contributed by atoms with Crippen LogP contribution in [0.2, 0.25) is 0 Å². The Balaban J connectivity index is 1.94. The molecule has 24 heavy (non-hydrogen) atoms. The molecule has 1 amide bonds. The van der Waals surface area contributed by atoms with Crippen molar-refractivity contribution in [3.05, 3.63) is 54.2 Å². The molecule has 0 bridgehead atoms. The van der Waals surface area contributed by atoms with Gasteiger partial charge in [-0.2, -0.15) is 0 Å². The lowest BCUT2D eigenvalue weighted by Crippen LogP contribution is -2.13. The van der Waals surface area contributed by atoms with E-state index in [1.54, 1.807) is 36.5 Å². The Morgan fingerprint density at radius 1 is 1.17 bits per heavy atom. The molecule has 7 heteroatoms. The number of phenols is 1. The van der Waals surface area contributed by atoms with Crippen molar-refractivity contribution in [2.75, 3.05) is 17.9 Å². The molecule has 122 valence electrons. The zero-order chi connectivity index (χ0) is 17.1. The van der Waals surface area contributed by atoms with Crippen LogP contribution in [0.4, 0.5) is 11.4 Å². The largest absolute Gasteiger partial charge is 0.505 e. The van der Waals surface area contributed by atoms with Crippen LogP contribution in [0, 0.1) is 0 Å². The molecule has 0 atom stereocenters. The highest BCUT2D eigenvalue weighted by atomic mass is 16.5. The highest BCUT2D eigenvalue weighted by Crippen LogP contribution is 2.30. The summed E-state index contributed by atoms with van der Waals surface area (Å²) in [7, 11) is 1.49. The third-order valence-electron chi connectivity index (χ3n) is 3.59. The summed E-state index contributed by atoms with van der Waals surface area (Å²) in [4.78, 5) is 16.6. The van der Waals surface area contributed by atoms with E-state index >= 15 is 0 Å². The fourth-order valence-corrected chi connectivity index (χ4v) is 2.35. The van der Waals surface area contributed by atoms with E-state index in [1.165, 1.54) is 19.2 Å². The number of nitrogens with one attached hydrogen (secondary N) is 2. The summed E-state index contributed by atoms with van der Waals surface area (Å²) < 4.78 is 5.06. The number of carbonyl (C=O) groups excluding carboxylic acids is 1. The first kappa shape index (κ1) is 15.6. The number of hydrogen-bond donors (Lipinski definition) is 4. The number of carbonyl (C=O) groups is 1. The van der Waals surface area contributed by atoms with E-state index in [0.29, 0.717) is 17.0 Å². The van der Waals surface area contributed by atoms with Crippen molar-refractivity contribution < 1.29 is 19.8 Å². The number of aromatic hydroxyl groups is 1. The smallest absolute Gasteiger partial charge is 0.259 e. The lowest BCUT2D eigenvalue weighted by molar-refractivity contribution is 0.102. The summed E-state index contributed by atoms with van der Waals surface area (Å²) in [5.74, 6) is -0.207. The van der Waals surface area contributed by atoms with E-state index in [2.05, 4.69) is 10.3 Å². The first-order valence-corrected chi connectivity index (χ1v) is 7.10. The molecule has 0 aliphatic heterocycles. The molecular weight excluding hydrogens is 310 g/mol. The van der Waals surface area contributed by atoms with E-state index in [0.717, 1.165) is 5.39 Å². The average molecular weight is 325 g/mol. The number of benzene rings is 2. The molecule has 0 fully saturated rings. The quantitative estimate of drug-likeness (QED) is 0.550. The Bertz CT molecular complexity index is 911. The van der Waals surface area contributed by atoms with Crippen molar-refractivity contribution in [3.8, 4) is 11.5 Å². The van der Waals surface area contributed by atoms with Crippen LogP contribution in [0.3, 0.4) is 0 Å². The monoisotopic (exact) mass is 325 g/mol. The van der Waals surface area contributed by atoms with Gasteiger partial charge in [0.25, 0.3) is 5.91 Å². The molecule has 0 unspecified atom stereocenters. The lowest BCUT2D eigenvalue weighted by atomic mass is 10.1. The van der Waals surface area contributed by atoms with Crippen molar-refractivity contribution in [1.29, 1.82) is 0 Å². The Hall–Kier alpha value is -3.32. The van der Waals surface area contributed by atoms with Crippen molar-refractivity contribution >= 4 is 28.2 Å². The van der Waals surface area contributed by atoms with Gasteiger partial charge in [0.1, 0.15) is 11.3 Å². The Labute approximate surface area is 137 Å². The minimum absolute atomic E-state index is 0.0842. The number of amides is 1. The number of pyridine rings is 1. The van der Waals surface area contributed by atoms with Crippen LogP contribution in [0.5, 0.6) is 11.5 Å². The fraction of sp³-hybridized carbons (Fsp3) is 0.0588. The van der Waals surface area contributed by atoms with Gasteiger partial charge in [0.15, 0.2) is 5.75 Å². The summed E-state index contributed by atoms with van der Waals surface area (Å²) in [5.41, 5.74) is 3.04. The van der Waals surface area contributed by atoms with Crippen LogP contribution >= 0.6 is 0 Å². The number of hydrogen-bond acceptors (Lipinski definition) is 6. The molecule has 3 rings (SSSR count). The number of ether oxygens (including phenoxy) is 1. The van der Waals surface area contributed by atoms with Crippen LogP contribution in [0.25, 0.3) is 10.9 Å². The lowest BCUT2D eigenvalue weighted by Gasteiger charge is -2.12. The molecule has 0 saturated carbocycles. The number of methoxy groups -OCH3 is 1. The average Bonchev–Trinajstić information content (AvgIpc) is 2.62. The minimum atomic E-state index is -0.526. The zero-order valence-corrected chi connectivity index (χ0v) is 12.8. The SMILES string of the molecule is COc1ccc(NC(=O)c2ccc3cccnc3c2O)c(NO)c1. The van der Waals surface area contributed by atoms with Crippen LogP contribution in [-0.4, -0.2) is 28.3 Å². The summed E-state index contributed by atoms with van der Waals surface area (Å²) in [5, 5.41) is 22.9. The number of anilines is 2. The van der Waals surface area contributed by atoms with Crippen LogP contribution in [0.1, 0.15) is 10.4 Å². The van der Waals surface area contributed by atoms with Gasteiger partial charge in [-0.05, 0) is 24.3 Å². The maximum atomic E-state index is 12.5. The van der Waals surface area contributed by atoms with Gasteiger partial charge in [-0.3, -0.25) is 20.5 Å². The second-order valence-electron chi connectivity index (χ2n) is 5.01. The maximum absolute atomic E-state index is 12.5. The van der Waals surface area contributed by atoms with Gasteiger partial charge in [-0.25, -0.2) is 0 Å². The number of aromatic nitrogens is 1. The molecule has 0 saturated heterocycles. The molecule has 1 aromatic heterocycles. The number of nitrogens with zero attached hydrogens (tertiary/aromatic N) is 1. The van der Waals surface area contributed by atoms with Crippen LogP contribution in [0.15, 0.2) is 48.7 Å². The Morgan fingerprint density at radius 3 is 2.75 bits per heavy atom. The molecule has 0 aliphatic rings. The fourth-order valence-electron chi connectivity index (χ4n) is 2.35. The Morgan fingerprint density at radius 2 is 2.00 bits per heavy atom. The molecule has 2 aromatic carbocycles. The van der Waals surface area contributed by atoms with Gasteiger partial charge in [-0.15, -0.1) is 0 Å². The maximum Gasteiger partial charge on any atom is 0.259 e. The number of rotatable bonds is 4. The van der Waals surface area contributed by atoms with E-state index in [9.17, 15) is 15.1 Å². The van der Waals surface area contributed by atoms with E-state index in [1.807, 2.05) is 5.48 Å². The van der Waals surface area contributed by atoms with Crippen molar-refractivity contribution in [1.82, 2.24) is 4.98 Å². The predicted molar refractivity (Wildman–Crippen MR) is 89.8 cm³/mol. The number of phenolic OH excluding ortho intramolecular Hbond substituents is 1. The molecule has 0 spiro atoms. The molecule has 0 radical (unpaired) electrons. The summed E-state index contributed by atoms with van der Waals surface area (Å²) in [6, 6.07) is 11.5. The molecule has 1 heterocycles. The van der Waals surface area contributed by atoms with Gasteiger partial charge in [0.05, 0.1) is 24.0 Å². The third-order valence-corrected chi connectivity index (χ3v) is 3.59. The standard InChI is InChI=1S/C17H15N3O4/c1-24-11-5-7-13(14(9-11)20-23)19-17(22)12-6-4-10-3-2-8-18-15(10)16(12)21/h2-9,20-21,23H,1H3,(H,19,22). The summed E-state index contributed by atoms with van der Waals surface area (Å²) in [6.45, 7) is 0. The van der Waals surface area contributed by atoms with Crippen molar-refractivity contribution in [2.24, 2.45) is 0 Å². The van der Waals surface area contributed by atoms with Crippen molar-refractivity contribution in [2.45, 2.75) is 0 Å². The minimum Gasteiger partial charge on any atom is -0.505 e. The highest BCUT2D eigenvalue weighted by molar-refractivity contribution is 6.10. The first-order chi connectivity index (χ1) is 11.6. The Kier molecular flexibility index (Phi) is 4.17. The van der Waals surface area contributed by atoms with Crippen LogP contribution < -0.4 is 15.5 Å². The highest BCUT2D eigenvalue weighted by Gasteiger charge is 2.16. The second-order valence-corrected chi connectivity index (χ2v) is 5.01. The topological polar surface area (TPSA) is 104 Å². The van der Waals surface area contributed by atoms with E-state index in [-0.39, 0.29) is 17.0 Å². The van der Waals surface area contributed by atoms with E-state index in [4.69, 9.17) is 4.74 Å². The predicted octanol–water partition coefficient (Wildman–Crippen LogP) is 3.00. The van der Waals surface area contributed by atoms with Crippen LogP contribution in [-0.2, 0) is 0 Å². The zero-order valence-electron chi connectivity index (χ0n) is 12.8. The van der Waals surface area contributed by atoms with Crippen molar-refractivity contribution in [3.63, 3.8) is 0 Å². The van der Waals surface area contributed by atoms with Gasteiger partial charge in [-0.1, -0.05) is 12.1 Å². The summed E-state index contributed by atoms with van der Waals surface area (Å²) in [6.07, 6.45) is 1.54. The number of fused-ring (bicyclic) bond motifs is 1. The molecular formula is C17H15N3O4. The van der Waals surface area contributed by atoms with Gasteiger partial charge >= 0.3 is 0 Å². The molecule has 0 aliphatic carbocycles. The molecule has 3 aromatic rings. The third kappa shape index (κ3) is 2.80.